The molecule has 4 rings (SSSR count). The van der Waals surface area contributed by atoms with E-state index in [1.807, 2.05) is 0 Å². The maximum absolute atomic E-state index is 13.4. The highest BCUT2D eigenvalue weighted by Crippen LogP contribution is 2.25. The van der Waals surface area contributed by atoms with Gasteiger partial charge in [0.25, 0.3) is 5.91 Å². The second-order valence-electron chi connectivity index (χ2n) is 6.46. The zero-order valence-corrected chi connectivity index (χ0v) is 16.6. The first-order chi connectivity index (χ1) is 15.1. The number of nitrogens with zero attached hydrogens (tertiary/aromatic N) is 3. The Hall–Kier alpha value is -3.98. The van der Waals surface area contributed by atoms with Crippen molar-refractivity contribution in [3.05, 3.63) is 78.3 Å². The minimum Gasteiger partial charge on any atom is -0.461 e. The van der Waals surface area contributed by atoms with E-state index in [-0.39, 0.29) is 11.6 Å². The van der Waals surface area contributed by atoms with Gasteiger partial charge in [-0.2, -0.15) is 4.98 Å². The largest absolute Gasteiger partial charge is 0.461 e. The average Bonchev–Trinajstić information content (AvgIpc) is 3.44. The molecule has 0 atom stereocenters. The molecule has 0 bridgehead atoms. The zero-order chi connectivity index (χ0) is 21.6. The molecule has 1 N–H and O–H groups in total. The second kappa shape index (κ2) is 9.23. The van der Waals surface area contributed by atoms with Crippen LogP contribution in [0.25, 0.3) is 17.3 Å². The molecule has 4 aromatic rings. The van der Waals surface area contributed by atoms with Gasteiger partial charge in [0.05, 0.1) is 18.6 Å². The number of amides is 1. The third-order valence-electron chi connectivity index (χ3n) is 4.28. The lowest BCUT2D eigenvalue weighted by Crippen LogP contribution is -2.12. The SMILES string of the molecule is COCCOc1nc(-c2ccco2)n(-c2cccc(NC(=O)c3cccc(F)c3)c2)n1. The van der Waals surface area contributed by atoms with E-state index in [2.05, 4.69) is 15.4 Å². The summed E-state index contributed by atoms with van der Waals surface area (Å²) in [6, 6.07) is 16.2. The smallest absolute Gasteiger partial charge is 0.336 e. The maximum Gasteiger partial charge on any atom is 0.336 e. The van der Waals surface area contributed by atoms with Crippen LogP contribution in [0.4, 0.5) is 10.1 Å². The molecule has 0 fully saturated rings. The van der Waals surface area contributed by atoms with E-state index in [9.17, 15) is 9.18 Å². The van der Waals surface area contributed by atoms with E-state index in [4.69, 9.17) is 13.9 Å². The quantitative estimate of drug-likeness (QED) is 0.433. The van der Waals surface area contributed by atoms with Crippen LogP contribution in [0.5, 0.6) is 6.01 Å². The molecule has 8 nitrogen and oxygen atoms in total. The fourth-order valence-corrected chi connectivity index (χ4v) is 2.86. The van der Waals surface area contributed by atoms with E-state index < -0.39 is 11.7 Å². The Balaban J connectivity index is 1.62. The Kier molecular flexibility index (Phi) is 6.04. The molecule has 0 saturated heterocycles. The molecule has 158 valence electrons. The lowest BCUT2D eigenvalue weighted by molar-refractivity contribution is 0.102. The molecule has 2 aromatic heterocycles. The predicted octanol–water partition coefficient (Wildman–Crippen LogP) is 3.94. The topological polar surface area (TPSA) is 91.4 Å². The number of carbonyl (C=O) groups is 1. The Morgan fingerprint density at radius 1 is 1.13 bits per heavy atom. The average molecular weight is 422 g/mol. The fraction of sp³-hybridized carbons (Fsp3) is 0.136. The van der Waals surface area contributed by atoms with Crippen LogP contribution in [-0.4, -0.2) is 41.0 Å². The van der Waals surface area contributed by atoms with Crippen molar-refractivity contribution in [2.24, 2.45) is 0 Å². The van der Waals surface area contributed by atoms with Gasteiger partial charge in [-0.05, 0) is 48.5 Å². The number of ether oxygens (including phenoxy) is 2. The molecule has 0 radical (unpaired) electrons. The third-order valence-corrected chi connectivity index (χ3v) is 4.28. The van der Waals surface area contributed by atoms with Crippen LogP contribution in [0.1, 0.15) is 10.4 Å². The fourth-order valence-electron chi connectivity index (χ4n) is 2.86. The number of halogens is 1. The lowest BCUT2D eigenvalue weighted by Gasteiger charge is -2.09. The van der Waals surface area contributed by atoms with Crippen molar-refractivity contribution in [2.45, 2.75) is 0 Å². The first-order valence-electron chi connectivity index (χ1n) is 9.44. The van der Waals surface area contributed by atoms with Crippen LogP contribution < -0.4 is 10.1 Å². The molecule has 1 amide bonds. The van der Waals surface area contributed by atoms with Gasteiger partial charge in [-0.25, -0.2) is 9.07 Å². The second-order valence-corrected chi connectivity index (χ2v) is 6.46. The van der Waals surface area contributed by atoms with E-state index in [1.165, 1.54) is 24.5 Å². The number of methoxy groups -OCH3 is 1. The molecule has 0 spiro atoms. The number of rotatable bonds is 8. The highest BCUT2D eigenvalue weighted by Gasteiger charge is 2.17. The Bertz CT molecular complexity index is 1170. The van der Waals surface area contributed by atoms with Crippen molar-refractivity contribution in [3.63, 3.8) is 0 Å². The summed E-state index contributed by atoms with van der Waals surface area (Å²) in [5.41, 5.74) is 1.35. The number of benzene rings is 2. The molecule has 31 heavy (non-hydrogen) atoms. The molecule has 0 unspecified atom stereocenters. The summed E-state index contributed by atoms with van der Waals surface area (Å²) >= 11 is 0. The van der Waals surface area contributed by atoms with Crippen LogP contribution in [0.3, 0.4) is 0 Å². The van der Waals surface area contributed by atoms with Crippen LogP contribution >= 0.6 is 0 Å². The molecule has 0 aliphatic heterocycles. The highest BCUT2D eigenvalue weighted by molar-refractivity contribution is 6.04. The van der Waals surface area contributed by atoms with E-state index >= 15 is 0 Å². The van der Waals surface area contributed by atoms with Gasteiger partial charge in [0.2, 0.25) is 5.82 Å². The molecule has 0 saturated carbocycles. The van der Waals surface area contributed by atoms with Gasteiger partial charge in [-0.3, -0.25) is 4.79 Å². The number of furan rings is 1. The summed E-state index contributed by atoms with van der Waals surface area (Å²) in [7, 11) is 1.58. The number of nitrogens with one attached hydrogen (secondary N) is 1. The summed E-state index contributed by atoms with van der Waals surface area (Å²) in [5, 5.41) is 7.16. The summed E-state index contributed by atoms with van der Waals surface area (Å²) in [4.78, 5) is 16.9. The van der Waals surface area contributed by atoms with Gasteiger partial charge in [0.1, 0.15) is 12.4 Å². The number of anilines is 1. The van der Waals surface area contributed by atoms with Crippen molar-refractivity contribution >= 4 is 11.6 Å². The first-order valence-corrected chi connectivity index (χ1v) is 9.44. The number of hydrogen-bond donors (Lipinski definition) is 1. The lowest BCUT2D eigenvalue weighted by atomic mass is 10.2. The number of hydrogen-bond acceptors (Lipinski definition) is 6. The molecular weight excluding hydrogens is 403 g/mol. The van der Waals surface area contributed by atoms with Crippen molar-refractivity contribution < 1.29 is 23.1 Å². The minimum absolute atomic E-state index is 0.164. The molecule has 0 aliphatic carbocycles. The van der Waals surface area contributed by atoms with Gasteiger partial charge in [0.15, 0.2) is 5.76 Å². The molecule has 0 aliphatic rings. The molecular formula is C22H19FN4O4. The third kappa shape index (κ3) is 4.78. The summed E-state index contributed by atoms with van der Waals surface area (Å²) in [5.74, 6) is 0.0347. The van der Waals surface area contributed by atoms with Crippen LogP contribution in [0.2, 0.25) is 0 Å². The van der Waals surface area contributed by atoms with Crippen molar-refractivity contribution in [3.8, 4) is 23.3 Å². The van der Waals surface area contributed by atoms with E-state index in [1.54, 1.807) is 54.3 Å². The maximum atomic E-state index is 13.4. The minimum atomic E-state index is -0.479. The summed E-state index contributed by atoms with van der Waals surface area (Å²) in [6.07, 6.45) is 1.54. The molecule has 9 heteroatoms. The van der Waals surface area contributed by atoms with Gasteiger partial charge < -0.3 is 19.2 Å². The van der Waals surface area contributed by atoms with Crippen LogP contribution in [0.15, 0.2) is 71.3 Å². The Morgan fingerprint density at radius 2 is 2.00 bits per heavy atom. The number of carbonyl (C=O) groups excluding carboxylic acids is 1. The normalized spacial score (nSPS) is 10.8. The summed E-state index contributed by atoms with van der Waals surface area (Å²) < 4.78 is 31.0. The van der Waals surface area contributed by atoms with Gasteiger partial charge in [-0.15, -0.1) is 5.10 Å². The van der Waals surface area contributed by atoms with Crippen LogP contribution in [-0.2, 0) is 4.74 Å². The summed E-state index contributed by atoms with van der Waals surface area (Å²) in [6.45, 7) is 0.689. The van der Waals surface area contributed by atoms with Gasteiger partial charge in [-0.1, -0.05) is 12.1 Å². The van der Waals surface area contributed by atoms with Crippen molar-refractivity contribution in [1.82, 2.24) is 14.8 Å². The molecule has 2 aromatic carbocycles. The standard InChI is InChI=1S/C22H19FN4O4/c1-29-11-12-31-22-25-20(19-9-4-10-30-19)27(26-22)18-8-3-7-17(14-18)24-21(28)15-5-2-6-16(23)13-15/h2-10,13-14H,11-12H2,1H3,(H,24,28). The van der Waals surface area contributed by atoms with Crippen molar-refractivity contribution in [2.75, 3.05) is 25.6 Å². The first kappa shape index (κ1) is 20.3. The Labute approximate surface area is 177 Å². The Morgan fingerprint density at radius 3 is 2.77 bits per heavy atom. The van der Waals surface area contributed by atoms with E-state index in [0.717, 1.165) is 0 Å². The van der Waals surface area contributed by atoms with Crippen LogP contribution in [0, 0.1) is 5.82 Å². The number of aromatic nitrogens is 3. The van der Waals surface area contributed by atoms with Gasteiger partial charge >= 0.3 is 6.01 Å². The highest BCUT2D eigenvalue weighted by atomic mass is 19.1. The molecule has 2 heterocycles. The predicted molar refractivity (Wildman–Crippen MR) is 111 cm³/mol. The van der Waals surface area contributed by atoms with Gasteiger partial charge in [0, 0.05) is 18.4 Å². The zero-order valence-electron chi connectivity index (χ0n) is 16.6. The van der Waals surface area contributed by atoms with Crippen molar-refractivity contribution in [1.29, 1.82) is 0 Å². The monoisotopic (exact) mass is 422 g/mol. The van der Waals surface area contributed by atoms with E-state index in [0.29, 0.717) is 36.2 Å².